The second-order valence-electron chi connectivity index (χ2n) is 4.64. The van der Waals surface area contributed by atoms with Crippen molar-refractivity contribution in [2.24, 2.45) is 0 Å². The Morgan fingerprint density at radius 3 is 2.77 bits per heavy atom. The molecule has 0 atom stereocenters. The van der Waals surface area contributed by atoms with E-state index in [0.29, 0.717) is 28.0 Å². The summed E-state index contributed by atoms with van der Waals surface area (Å²) in [6.45, 7) is 0. The Morgan fingerprint density at radius 2 is 2.05 bits per heavy atom. The lowest BCUT2D eigenvalue weighted by molar-refractivity contribution is 0.418. The Morgan fingerprint density at radius 1 is 1.23 bits per heavy atom. The second-order valence-corrected chi connectivity index (χ2v) is 4.64. The Hall–Kier alpha value is -3.13. The van der Waals surface area contributed by atoms with E-state index in [4.69, 9.17) is 10.00 Å². The Kier molecular flexibility index (Phi) is 3.58. The van der Waals surface area contributed by atoms with Crippen LogP contribution in [0.15, 0.2) is 36.4 Å². The monoisotopic (exact) mass is 293 g/mol. The molecule has 22 heavy (non-hydrogen) atoms. The molecule has 0 radical (unpaired) electrons. The van der Waals surface area contributed by atoms with E-state index < -0.39 is 0 Å². The maximum atomic E-state index is 13.6. The highest BCUT2D eigenvalue weighted by molar-refractivity contribution is 5.95. The number of nitrogens with one attached hydrogen (secondary N) is 1. The molecule has 3 rings (SSSR count). The molecule has 0 spiro atoms. The third-order valence-electron chi connectivity index (χ3n) is 3.36. The zero-order chi connectivity index (χ0) is 15.5. The molecule has 0 fully saturated rings. The lowest BCUT2D eigenvalue weighted by Crippen LogP contribution is -1.89. The van der Waals surface area contributed by atoms with E-state index in [1.54, 1.807) is 42.5 Å². The molecule has 0 saturated heterocycles. The van der Waals surface area contributed by atoms with Gasteiger partial charge in [-0.2, -0.15) is 10.4 Å². The third-order valence-corrected chi connectivity index (χ3v) is 3.36. The van der Waals surface area contributed by atoms with Gasteiger partial charge in [-0.1, -0.05) is 18.2 Å². The second kappa shape index (κ2) is 5.70. The number of rotatable bonds is 3. The summed E-state index contributed by atoms with van der Waals surface area (Å²) in [6.07, 6.45) is 3.34. The van der Waals surface area contributed by atoms with Gasteiger partial charge in [-0.3, -0.25) is 5.10 Å². The van der Waals surface area contributed by atoms with E-state index in [0.717, 1.165) is 5.52 Å². The Bertz CT molecular complexity index is 906. The van der Waals surface area contributed by atoms with E-state index in [1.807, 2.05) is 0 Å². The number of nitriles is 1. The topological polar surface area (TPSA) is 61.7 Å². The van der Waals surface area contributed by atoms with Gasteiger partial charge in [0.1, 0.15) is 17.6 Å². The van der Waals surface area contributed by atoms with Crippen LogP contribution in [0.5, 0.6) is 5.75 Å². The Labute approximate surface area is 126 Å². The van der Waals surface area contributed by atoms with Gasteiger partial charge in [0.2, 0.25) is 0 Å². The molecule has 4 nitrogen and oxygen atoms in total. The number of hydrogen-bond donors (Lipinski definition) is 1. The van der Waals surface area contributed by atoms with Crippen molar-refractivity contribution in [1.29, 1.82) is 5.26 Å². The van der Waals surface area contributed by atoms with Crippen molar-refractivity contribution in [3.63, 3.8) is 0 Å². The fraction of sp³-hybridized carbons (Fsp3) is 0.0588. The predicted octanol–water partition coefficient (Wildman–Crippen LogP) is 3.75. The summed E-state index contributed by atoms with van der Waals surface area (Å²) in [7, 11) is 1.51. The van der Waals surface area contributed by atoms with Crippen LogP contribution in [0.25, 0.3) is 23.1 Å². The van der Waals surface area contributed by atoms with Crippen LogP contribution in [0.1, 0.15) is 16.8 Å². The number of methoxy groups -OCH3 is 1. The van der Waals surface area contributed by atoms with Crippen molar-refractivity contribution in [1.82, 2.24) is 10.2 Å². The molecule has 1 heterocycles. The highest BCUT2D eigenvalue weighted by Gasteiger charge is 2.13. The van der Waals surface area contributed by atoms with Crippen LogP contribution >= 0.6 is 0 Å². The molecule has 0 unspecified atom stereocenters. The number of hydrogen-bond acceptors (Lipinski definition) is 3. The fourth-order valence-electron chi connectivity index (χ4n) is 2.31. The summed E-state index contributed by atoms with van der Waals surface area (Å²) in [5.74, 6) is 0.158. The van der Waals surface area contributed by atoms with E-state index >= 15 is 0 Å². The molecule has 0 aliphatic rings. The molecule has 108 valence electrons. The molecule has 1 N–H and O–H groups in total. The quantitative estimate of drug-likeness (QED) is 0.800. The summed E-state index contributed by atoms with van der Waals surface area (Å²) < 4.78 is 19.0. The molecule has 2 aromatic carbocycles. The first kappa shape index (κ1) is 13.8. The zero-order valence-electron chi connectivity index (χ0n) is 11.8. The summed E-state index contributed by atoms with van der Waals surface area (Å²) in [5.41, 5.74) is 2.24. The molecule has 1 aromatic heterocycles. The van der Waals surface area contributed by atoms with Crippen molar-refractivity contribution >= 4 is 23.1 Å². The molecular formula is C17H12FN3O. The van der Waals surface area contributed by atoms with Gasteiger partial charge in [-0.05, 0) is 30.4 Å². The molecule has 0 aliphatic heterocycles. The predicted molar refractivity (Wildman–Crippen MR) is 82.7 cm³/mol. The summed E-state index contributed by atoms with van der Waals surface area (Å²) >= 11 is 0. The van der Waals surface area contributed by atoms with Crippen LogP contribution in [-0.4, -0.2) is 17.3 Å². The van der Waals surface area contributed by atoms with Gasteiger partial charge in [-0.25, -0.2) is 4.39 Å². The van der Waals surface area contributed by atoms with Crippen LogP contribution in [-0.2, 0) is 0 Å². The largest absolute Gasteiger partial charge is 0.495 e. The van der Waals surface area contributed by atoms with E-state index in [-0.39, 0.29) is 5.82 Å². The first-order valence-corrected chi connectivity index (χ1v) is 6.62. The van der Waals surface area contributed by atoms with Gasteiger partial charge in [0, 0.05) is 5.56 Å². The van der Waals surface area contributed by atoms with Crippen molar-refractivity contribution in [3.8, 4) is 11.8 Å². The average Bonchev–Trinajstić information content (AvgIpc) is 2.96. The number of aromatic amines is 1. The molecule has 0 amide bonds. The van der Waals surface area contributed by atoms with Crippen LogP contribution in [0.4, 0.5) is 4.39 Å². The van der Waals surface area contributed by atoms with E-state index in [1.165, 1.54) is 13.2 Å². The average molecular weight is 293 g/mol. The smallest absolute Gasteiger partial charge is 0.148 e. The van der Waals surface area contributed by atoms with Crippen LogP contribution in [0.2, 0.25) is 0 Å². The molecule has 0 bridgehead atoms. The number of halogens is 1. The maximum absolute atomic E-state index is 13.6. The highest BCUT2D eigenvalue weighted by Crippen LogP contribution is 2.31. The minimum Gasteiger partial charge on any atom is -0.495 e. The van der Waals surface area contributed by atoms with E-state index in [9.17, 15) is 4.39 Å². The highest BCUT2D eigenvalue weighted by atomic mass is 19.1. The number of aromatic nitrogens is 2. The van der Waals surface area contributed by atoms with Crippen LogP contribution < -0.4 is 4.74 Å². The molecule has 3 aromatic rings. The first-order chi connectivity index (χ1) is 10.7. The lowest BCUT2D eigenvalue weighted by Gasteiger charge is -2.04. The summed E-state index contributed by atoms with van der Waals surface area (Å²) in [4.78, 5) is 0. The first-order valence-electron chi connectivity index (χ1n) is 6.62. The minimum atomic E-state index is -0.303. The van der Waals surface area contributed by atoms with Crippen molar-refractivity contribution < 1.29 is 9.13 Å². The van der Waals surface area contributed by atoms with Gasteiger partial charge in [-0.15, -0.1) is 0 Å². The standard InChI is InChI=1S/C17H12FN3O/c1-22-17-12(10-19)7-9-15-16(17)14(20-21-15)8-6-11-4-2-3-5-13(11)18/h2-9H,1H3,(H,20,21)/b8-6+. The van der Waals surface area contributed by atoms with Gasteiger partial charge in [0.15, 0.2) is 0 Å². The summed E-state index contributed by atoms with van der Waals surface area (Å²) in [5, 5.41) is 16.9. The van der Waals surface area contributed by atoms with Crippen LogP contribution in [0.3, 0.4) is 0 Å². The van der Waals surface area contributed by atoms with E-state index in [2.05, 4.69) is 16.3 Å². The zero-order valence-corrected chi connectivity index (χ0v) is 11.8. The van der Waals surface area contributed by atoms with Crippen molar-refractivity contribution in [3.05, 3.63) is 59.0 Å². The van der Waals surface area contributed by atoms with Crippen LogP contribution in [0, 0.1) is 17.1 Å². The SMILES string of the molecule is COc1c(C#N)ccc2[nH]nc(/C=C/c3ccccc3F)c12. The maximum Gasteiger partial charge on any atom is 0.148 e. The number of H-pyrrole nitrogens is 1. The number of benzene rings is 2. The van der Waals surface area contributed by atoms with Gasteiger partial charge < -0.3 is 4.74 Å². The minimum absolute atomic E-state index is 0.303. The van der Waals surface area contributed by atoms with Gasteiger partial charge in [0.25, 0.3) is 0 Å². The van der Waals surface area contributed by atoms with Gasteiger partial charge >= 0.3 is 0 Å². The fourth-order valence-corrected chi connectivity index (χ4v) is 2.31. The van der Waals surface area contributed by atoms with Crippen molar-refractivity contribution in [2.75, 3.05) is 7.11 Å². The Balaban J connectivity index is 2.12. The lowest BCUT2D eigenvalue weighted by atomic mass is 10.1. The molecule has 0 aliphatic carbocycles. The normalized spacial score (nSPS) is 11.0. The summed E-state index contributed by atoms with van der Waals surface area (Å²) in [6, 6.07) is 12.0. The molecule has 5 heteroatoms. The molecule has 0 saturated carbocycles. The molecular weight excluding hydrogens is 281 g/mol. The van der Waals surface area contributed by atoms with Crippen molar-refractivity contribution in [2.45, 2.75) is 0 Å². The third kappa shape index (κ3) is 2.31. The number of fused-ring (bicyclic) bond motifs is 1. The number of nitrogens with zero attached hydrogens (tertiary/aromatic N) is 2. The number of ether oxygens (including phenoxy) is 1. The van der Waals surface area contributed by atoms with Gasteiger partial charge in [0.05, 0.1) is 29.3 Å².